The molecule has 0 amide bonds. The third-order valence-corrected chi connectivity index (χ3v) is 6.01. The van der Waals surface area contributed by atoms with Crippen LogP contribution in [0.2, 0.25) is 0 Å². The van der Waals surface area contributed by atoms with E-state index in [9.17, 15) is 5.11 Å². The standard InChI is InChI=1S/C19H28O/c1-14-10-11-17(13-15(14)2)19(20)12-6-5-8-16-7-3-4-9-18(16)19/h3-4,7,9,14-15,17,20H,5-6,8,10-13H2,1-2H3. The van der Waals surface area contributed by atoms with Gasteiger partial charge in [0.2, 0.25) is 0 Å². The normalized spacial score (nSPS) is 38.0. The van der Waals surface area contributed by atoms with Gasteiger partial charge in [-0.1, -0.05) is 44.5 Å². The summed E-state index contributed by atoms with van der Waals surface area (Å²) in [5.41, 5.74) is 2.06. The summed E-state index contributed by atoms with van der Waals surface area (Å²) in [6, 6.07) is 8.63. The van der Waals surface area contributed by atoms with Crippen LogP contribution in [-0.4, -0.2) is 5.11 Å². The van der Waals surface area contributed by atoms with Gasteiger partial charge >= 0.3 is 0 Å². The Labute approximate surface area is 123 Å². The van der Waals surface area contributed by atoms with Crippen LogP contribution >= 0.6 is 0 Å². The smallest absolute Gasteiger partial charge is 0.0927 e. The van der Waals surface area contributed by atoms with Crippen LogP contribution in [0.5, 0.6) is 0 Å². The number of aliphatic hydroxyl groups is 1. The molecule has 3 rings (SSSR count). The maximum Gasteiger partial charge on any atom is 0.0927 e. The lowest BCUT2D eigenvalue weighted by atomic mass is 9.66. The van der Waals surface area contributed by atoms with Gasteiger partial charge in [-0.3, -0.25) is 0 Å². The summed E-state index contributed by atoms with van der Waals surface area (Å²) in [6.07, 6.45) is 8.12. The summed E-state index contributed by atoms with van der Waals surface area (Å²) < 4.78 is 0. The lowest BCUT2D eigenvalue weighted by Crippen LogP contribution is -2.39. The van der Waals surface area contributed by atoms with E-state index in [4.69, 9.17) is 0 Å². The fourth-order valence-corrected chi connectivity index (χ4v) is 4.41. The molecule has 20 heavy (non-hydrogen) atoms. The molecule has 1 aromatic rings. The van der Waals surface area contributed by atoms with E-state index in [0.29, 0.717) is 5.92 Å². The molecular formula is C19H28O. The van der Waals surface area contributed by atoms with Gasteiger partial charge in [0.25, 0.3) is 0 Å². The van der Waals surface area contributed by atoms with Crippen molar-refractivity contribution in [3.05, 3.63) is 35.4 Å². The average Bonchev–Trinajstić information content (AvgIpc) is 2.63. The molecule has 0 radical (unpaired) electrons. The molecule has 4 atom stereocenters. The minimum Gasteiger partial charge on any atom is -0.385 e. The van der Waals surface area contributed by atoms with Gasteiger partial charge in [0.15, 0.2) is 0 Å². The van der Waals surface area contributed by atoms with Crippen LogP contribution in [0.25, 0.3) is 0 Å². The first-order chi connectivity index (χ1) is 9.61. The second kappa shape index (κ2) is 5.52. The zero-order valence-electron chi connectivity index (χ0n) is 12.9. The van der Waals surface area contributed by atoms with E-state index in [1.165, 1.54) is 36.8 Å². The van der Waals surface area contributed by atoms with Crippen LogP contribution in [0.15, 0.2) is 24.3 Å². The molecule has 1 fully saturated rings. The molecule has 4 unspecified atom stereocenters. The van der Waals surface area contributed by atoms with Gasteiger partial charge in [0, 0.05) is 0 Å². The minimum atomic E-state index is -0.568. The third-order valence-electron chi connectivity index (χ3n) is 6.01. The van der Waals surface area contributed by atoms with Crippen molar-refractivity contribution in [1.82, 2.24) is 0 Å². The summed E-state index contributed by atoms with van der Waals surface area (Å²) in [5, 5.41) is 11.5. The molecule has 0 bridgehead atoms. The largest absolute Gasteiger partial charge is 0.385 e. The lowest BCUT2D eigenvalue weighted by molar-refractivity contribution is -0.0596. The molecule has 1 heteroatoms. The Morgan fingerprint density at radius 3 is 2.65 bits per heavy atom. The minimum absolute atomic E-state index is 0.452. The van der Waals surface area contributed by atoms with Gasteiger partial charge in [-0.15, -0.1) is 0 Å². The van der Waals surface area contributed by atoms with Crippen molar-refractivity contribution in [3.8, 4) is 0 Å². The Hall–Kier alpha value is -0.820. The van der Waals surface area contributed by atoms with Crippen molar-refractivity contribution in [2.45, 2.75) is 64.4 Å². The maximum absolute atomic E-state index is 11.5. The third kappa shape index (κ3) is 2.41. The highest BCUT2D eigenvalue weighted by Crippen LogP contribution is 2.47. The number of fused-ring (bicyclic) bond motifs is 1. The first kappa shape index (κ1) is 14.1. The van der Waals surface area contributed by atoms with E-state index in [1.54, 1.807) is 0 Å². The van der Waals surface area contributed by atoms with Gasteiger partial charge in [-0.25, -0.2) is 0 Å². The topological polar surface area (TPSA) is 20.2 Å². The molecule has 0 aliphatic heterocycles. The first-order valence-corrected chi connectivity index (χ1v) is 8.42. The molecular weight excluding hydrogens is 244 g/mol. The molecule has 2 aliphatic rings. The highest BCUT2D eigenvalue weighted by Gasteiger charge is 2.42. The fourth-order valence-electron chi connectivity index (χ4n) is 4.41. The molecule has 110 valence electrons. The molecule has 1 aromatic carbocycles. The predicted octanol–water partition coefficient (Wildman–Crippen LogP) is 4.67. The quantitative estimate of drug-likeness (QED) is 0.736. The SMILES string of the molecule is CC1CCC(C2(O)CCCCc3ccccc32)CC1C. The van der Waals surface area contributed by atoms with Gasteiger partial charge in [-0.2, -0.15) is 0 Å². The summed E-state index contributed by atoms with van der Waals surface area (Å²) in [4.78, 5) is 0. The highest BCUT2D eigenvalue weighted by molar-refractivity contribution is 5.34. The number of hydrogen-bond donors (Lipinski definition) is 1. The van der Waals surface area contributed by atoms with Crippen molar-refractivity contribution < 1.29 is 5.11 Å². The van der Waals surface area contributed by atoms with Crippen LogP contribution in [-0.2, 0) is 12.0 Å². The zero-order chi connectivity index (χ0) is 14.2. The molecule has 1 N–H and O–H groups in total. The molecule has 2 aliphatic carbocycles. The van der Waals surface area contributed by atoms with Crippen LogP contribution in [0, 0.1) is 17.8 Å². The molecule has 0 heterocycles. The van der Waals surface area contributed by atoms with Crippen molar-refractivity contribution >= 4 is 0 Å². The van der Waals surface area contributed by atoms with Gasteiger partial charge in [0.05, 0.1) is 5.60 Å². The number of rotatable bonds is 1. The lowest BCUT2D eigenvalue weighted by Gasteiger charge is -2.43. The van der Waals surface area contributed by atoms with Crippen LogP contribution in [0.4, 0.5) is 0 Å². The van der Waals surface area contributed by atoms with Crippen molar-refractivity contribution in [1.29, 1.82) is 0 Å². The summed E-state index contributed by atoms with van der Waals surface area (Å²) in [7, 11) is 0. The van der Waals surface area contributed by atoms with Crippen molar-refractivity contribution in [3.63, 3.8) is 0 Å². The Bertz CT molecular complexity index is 467. The van der Waals surface area contributed by atoms with Crippen LogP contribution in [0.3, 0.4) is 0 Å². The number of hydrogen-bond acceptors (Lipinski definition) is 1. The Morgan fingerprint density at radius 2 is 1.85 bits per heavy atom. The predicted molar refractivity (Wildman–Crippen MR) is 83.6 cm³/mol. The Balaban J connectivity index is 1.94. The van der Waals surface area contributed by atoms with Crippen molar-refractivity contribution in [2.75, 3.05) is 0 Å². The van der Waals surface area contributed by atoms with E-state index < -0.39 is 5.60 Å². The molecule has 1 nitrogen and oxygen atoms in total. The first-order valence-electron chi connectivity index (χ1n) is 8.42. The molecule has 1 saturated carbocycles. The van der Waals surface area contributed by atoms with Crippen LogP contribution < -0.4 is 0 Å². The number of aryl methyl sites for hydroxylation is 1. The summed E-state index contributed by atoms with van der Waals surface area (Å²) in [6.45, 7) is 4.73. The maximum atomic E-state index is 11.5. The van der Waals surface area contributed by atoms with Gasteiger partial charge in [-0.05, 0) is 67.4 Å². The molecule has 0 spiro atoms. The van der Waals surface area contributed by atoms with E-state index in [-0.39, 0.29) is 0 Å². The van der Waals surface area contributed by atoms with E-state index in [0.717, 1.165) is 31.1 Å². The van der Waals surface area contributed by atoms with E-state index in [2.05, 4.69) is 38.1 Å². The Morgan fingerprint density at radius 1 is 1.05 bits per heavy atom. The Kier molecular flexibility index (Phi) is 3.90. The van der Waals surface area contributed by atoms with E-state index >= 15 is 0 Å². The van der Waals surface area contributed by atoms with Gasteiger partial charge < -0.3 is 5.11 Å². The summed E-state index contributed by atoms with van der Waals surface area (Å²) >= 11 is 0. The molecule has 0 saturated heterocycles. The number of benzene rings is 1. The highest BCUT2D eigenvalue weighted by atomic mass is 16.3. The van der Waals surface area contributed by atoms with Gasteiger partial charge in [0.1, 0.15) is 0 Å². The monoisotopic (exact) mass is 272 g/mol. The average molecular weight is 272 g/mol. The summed E-state index contributed by atoms with van der Waals surface area (Å²) in [5.74, 6) is 2.01. The van der Waals surface area contributed by atoms with E-state index in [1.807, 2.05) is 0 Å². The second-order valence-corrected chi connectivity index (χ2v) is 7.25. The zero-order valence-corrected chi connectivity index (χ0v) is 12.9. The second-order valence-electron chi connectivity index (χ2n) is 7.25. The van der Waals surface area contributed by atoms with Crippen molar-refractivity contribution in [2.24, 2.45) is 17.8 Å². The van der Waals surface area contributed by atoms with Crippen LogP contribution in [0.1, 0.15) is 63.5 Å². The molecule has 0 aromatic heterocycles. The fraction of sp³-hybridized carbons (Fsp3) is 0.684.